The van der Waals surface area contributed by atoms with Crippen LogP contribution in [-0.4, -0.2) is 34.6 Å². The summed E-state index contributed by atoms with van der Waals surface area (Å²) in [5.74, 6) is -0.834. The molecule has 1 N–H and O–H groups in total. The van der Waals surface area contributed by atoms with Gasteiger partial charge in [-0.05, 0) is 30.7 Å². The molecule has 5 nitrogen and oxygen atoms in total. The number of hydrogen-bond donors (Lipinski definition) is 1. The normalized spacial score (nSPS) is 12.4. The number of hydrogen-bond acceptors (Lipinski definition) is 4. The highest BCUT2D eigenvalue weighted by molar-refractivity contribution is 9.10. The van der Waals surface area contributed by atoms with Crippen LogP contribution >= 0.6 is 15.9 Å². The van der Waals surface area contributed by atoms with Crippen molar-refractivity contribution in [2.75, 3.05) is 22.5 Å². The lowest BCUT2D eigenvalue weighted by atomic mass is 10.2. The molecule has 8 heteroatoms. The Labute approximate surface area is 116 Å². The molecule has 0 radical (unpaired) electrons. The molecule has 0 aromatic heterocycles. The molecule has 0 atom stereocenters. The fraction of sp³-hybridized carbons (Fsp3) is 0.400. The van der Waals surface area contributed by atoms with Crippen molar-refractivity contribution in [2.24, 2.45) is 0 Å². The number of rotatable bonds is 5. The van der Waals surface area contributed by atoms with Crippen molar-refractivity contribution < 1.29 is 16.8 Å². The molecule has 0 amide bonds. The van der Waals surface area contributed by atoms with E-state index in [4.69, 9.17) is 0 Å². The molecule has 1 aromatic rings. The second kappa shape index (κ2) is 5.58. The van der Waals surface area contributed by atoms with E-state index in [-0.39, 0.29) is 0 Å². The van der Waals surface area contributed by atoms with Crippen LogP contribution in [0, 0.1) is 6.92 Å². The van der Waals surface area contributed by atoms with Crippen LogP contribution in [0.1, 0.15) is 5.56 Å². The van der Waals surface area contributed by atoms with E-state index in [1.165, 1.54) is 0 Å². The van der Waals surface area contributed by atoms with Crippen molar-refractivity contribution in [3.8, 4) is 0 Å². The molecule has 0 bridgehead atoms. The van der Waals surface area contributed by atoms with Gasteiger partial charge in [-0.15, -0.1) is 0 Å². The van der Waals surface area contributed by atoms with E-state index >= 15 is 0 Å². The molecule has 0 fully saturated rings. The summed E-state index contributed by atoms with van der Waals surface area (Å²) < 4.78 is 48.5. The Kier molecular flexibility index (Phi) is 4.79. The van der Waals surface area contributed by atoms with E-state index in [0.717, 1.165) is 16.3 Å². The van der Waals surface area contributed by atoms with Gasteiger partial charge in [0.1, 0.15) is 9.84 Å². The Hall–Kier alpha value is -0.600. The third kappa shape index (κ3) is 5.36. The zero-order valence-corrected chi connectivity index (χ0v) is 13.2. The van der Waals surface area contributed by atoms with Gasteiger partial charge in [-0.2, -0.15) is 0 Å². The second-order valence-electron chi connectivity index (χ2n) is 4.01. The quantitative estimate of drug-likeness (QED) is 0.868. The first kappa shape index (κ1) is 15.5. The maximum absolute atomic E-state index is 11.7. The molecule has 0 saturated carbocycles. The molecule has 18 heavy (non-hydrogen) atoms. The van der Waals surface area contributed by atoms with Gasteiger partial charge in [0.2, 0.25) is 10.0 Å². The smallest absolute Gasteiger partial charge is 0.233 e. The van der Waals surface area contributed by atoms with Crippen LogP contribution in [0.3, 0.4) is 0 Å². The highest BCUT2D eigenvalue weighted by atomic mass is 79.9. The summed E-state index contributed by atoms with van der Waals surface area (Å²) in [5, 5.41) is 0. The van der Waals surface area contributed by atoms with Gasteiger partial charge in [0.15, 0.2) is 0 Å². The van der Waals surface area contributed by atoms with Gasteiger partial charge in [-0.25, -0.2) is 16.8 Å². The van der Waals surface area contributed by atoms with E-state index in [1.807, 2.05) is 0 Å². The zero-order chi connectivity index (χ0) is 14.0. The van der Waals surface area contributed by atoms with Gasteiger partial charge in [-0.1, -0.05) is 15.9 Å². The molecular formula is C10H14BrNO4S2. The summed E-state index contributed by atoms with van der Waals surface area (Å²) in [7, 11) is -6.94. The van der Waals surface area contributed by atoms with Crippen LogP contribution < -0.4 is 4.72 Å². The average Bonchev–Trinajstić information content (AvgIpc) is 2.19. The van der Waals surface area contributed by atoms with Crippen molar-refractivity contribution in [3.05, 3.63) is 28.2 Å². The predicted molar refractivity (Wildman–Crippen MR) is 76.0 cm³/mol. The molecule has 0 aliphatic carbocycles. The minimum Gasteiger partial charge on any atom is -0.283 e. The molecule has 1 aromatic carbocycles. The summed E-state index contributed by atoms with van der Waals surface area (Å²) in [4.78, 5) is 0. The molecule has 0 spiro atoms. The molecule has 102 valence electrons. The Morgan fingerprint density at radius 3 is 2.28 bits per heavy atom. The summed E-state index contributed by atoms with van der Waals surface area (Å²) in [6.45, 7) is 1.76. The number of benzene rings is 1. The Morgan fingerprint density at radius 2 is 1.78 bits per heavy atom. The predicted octanol–water partition coefficient (Wildman–Crippen LogP) is 1.54. The van der Waals surface area contributed by atoms with E-state index in [0.29, 0.717) is 5.69 Å². The number of aryl methyl sites for hydroxylation is 1. The number of sulfone groups is 1. The third-order valence-corrected chi connectivity index (χ3v) is 5.15. The van der Waals surface area contributed by atoms with Crippen LogP contribution in [-0.2, 0) is 19.9 Å². The van der Waals surface area contributed by atoms with Gasteiger partial charge in [-0.3, -0.25) is 4.72 Å². The lowest BCUT2D eigenvalue weighted by Crippen LogP contribution is -2.22. The SMILES string of the molecule is Cc1cc(Br)ccc1NS(=O)(=O)CCS(C)(=O)=O. The van der Waals surface area contributed by atoms with Gasteiger partial charge in [0.25, 0.3) is 0 Å². The van der Waals surface area contributed by atoms with E-state index in [1.54, 1.807) is 25.1 Å². The van der Waals surface area contributed by atoms with Crippen molar-refractivity contribution in [1.29, 1.82) is 0 Å². The molecular weight excluding hydrogens is 342 g/mol. The van der Waals surface area contributed by atoms with Crippen molar-refractivity contribution in [1.82, 2.24) is 0 Å². The lowest BCUT2D eigenvalue weighted by Gasteiger charge is -2.10. The number of anilines is 1. The topological polar surface area (TPSA) is 80.3 Å². The highest BCUT2D eigenvalue weighted by Crippen LogP contribution is 2.21. The standard InChI is InChI=1S/C10H14BrNO4S2/c1-8-7-9(11)3-4-10(8)12-18(15,16)6-5-17(2,13)14/h3-4,7,12H,5-6H2,1-2H3. The Bertz CT molecular complexity index is 638. The van der Waals surface area contributed by atoms with E-state index in [2.05, 4.69) is 20.7 Å². The van der Waals surface area contributed by atoms with Crippen LogP contribution in [0.2, 0.25) is 0 Å². The first-order chi connectivity index (χ1) is 8.09. The molecule has 0 saturated heterocycles. The average molecular weight is 356 g/mol. The highest BCUT2D eigenvalue weighted by Gasteiger charge is 2.15. The number of nitrogens with one attached hydrogen (secondary N) is 1. The van der Waals surface area contributed by atoms with Gasteiger partial charge in [0, 0.05) is 10.7 Å². The fourth-order valence-electron chi connectivity index (χ4n) is 1.22. The van der Waals surface area contributed by atoms with Crippen LogP contribution in [0.15, 0.2) is 22.7 Å². The third-order valence-electron chi connectivity index (χ3n) is 2.18. The van der Waals surface area contributed by atoms with Crippen molar-refractivity contribution >= 4 is 41.5 Å². The summed E-state index contributed by atoms with van der Waals surface area (Å²) >= 11 is 3.28. The first-order valence-electron chi connectivity index (χ1n) is 5.03. The minimum absolute atomic E-state index is 0.391. The van der Waals surface area contributed by atoms with Gasteiger partial charge < -0.3 is 0 Å². The largest absolute Gasteiger partial charge is 0.283 e. The fourth-order valence-corrected chi connectivity index (χ4v) is 4.45. The minimum atomic E-state index is -3.65. The monoisotopic (exact) mass is 355 g/mol. The zero-order valence-electron chi connectivity index (χ0n) is 9.97. The summed E-state index contributed by atoms with van der Waals surface area (Å²) in [6.07, 6.45) is 1.01. The number of halogens is 1. The summed E-state index contributed by atoms with van der Waals surface area (Å²) in [5.41, 5.74) is 1.21. The van der Waals surface area contributed by atoms with Crippen molar-refractivity contribution in [2.45, 2.75) is 6.92 Å². The molecule has 1 rings (SSSR count). The van der Waals surface area contributed by atoms with E-state index < -0.39 is 31.4 Å². The molecule has 0 aliphatic rings. The van der Waals surface area contributed by atoms with Crippen LogP contribution in [0.25, 0.3) is 0 Å². The van der Waals surface area contributed by atoms with Crippen molar-refractivity contribution in [3.63, 3.8) is 0 Å². The van der Waals surface area contributed by atoms with Gasteiger partial charge in [0.05, 0.1) is 17.2 Å². The molecule has 0 unspecified atom stereocenters. The maximum Gasteiger partial charge on any atom is 0.233 e. The first-order valence-corrected chi connectivity index (χ1v) is 9.54. The molecule has 0 heterocycles. The van der Waals surface area contributed by atoms with Crippen LogP contribution in [0.5, 0.6) is 0 Å². The van der Waals surface area contributed by atoms with Crippen LogP contribution in [0.4, 0.5) is 5.69 Å². The lowest BCUT2D eigenvalue weighted by molar-refractivity contribution is 0.593. The Balaban J connectivity index is 2.83. The maximum atomic E-state index is 11.7. The number of sulfonamides is 1. The second-order valence-corrected chi connectivity index (χ2v) is 9.03. The van der Waals surface area contributed by atoms with E-state index in [9.17, 15) is 16.8 Å². The van der Waals surface area contributed by atoms with Gasteiger partial charge >= 0.3 is 0 Å². The summed E-state index contributed by atoms with van der Waals surface area (Å²) in [6, 6.07) is 5.10. The Morgan fingerprint density at radius 1 is 1.17 bits per heavy atom. The molecule has 0 aliphatic heterocycles.